The molecule has 2 aromatic heterocycles. The van der Waals surface area contributed by atoms with Crippen LogP contribution in [0.3, 0.4) is 0 Å². The van der Waals surface area contributed by atoms with Gasteiger partial charge in [0.05, 0.1) is 0 Å². The van der Waals surface area contributed by atoms with Crippen molar-refractivity contribution < 1.29 is 30.0 Å². The molecule has 2 nitrogen and oxygen atoms in total. The molecular weight excluding hydrogens is 687 g/mol. The lowest BCUT2D eigenvalue weighted by Gasteiger charge is -2.03. The van der Waals surface area contributed by atoms with Crippen molar-refractivity contribution in [2.75, 3.05) is 0 Å². The Morgan fingerprint density at radius 2 is 0.553 bits per heavy atom. The van der Waals surface area contributed by atoms with E-state index in [1.807, 2.05) is 0 Å². The maximum Gasteiger partial charge on any atom is 0.442 e. The van der Waals surface area contributed by atoms with Gasteiger partial charge < -0.3 is 8.83 Å². The molecular formula is C44H78IO2+. The van der Waals surface area contributed by atoms with Gasteiger partial charge in [0.1, 0.15) is 11.5 Å². The fourth-order valence-corrected chi connectivity index (χ4v) is 8.89. The first-order valence-electron chi connectivity index (χ1n) is 21.1. The highest BCUT2D eigenvalue weighted by molar-refractivity contribution is 5.00. The van der Waals surface area contributed by atoms with Gasteiger partial charge in [-0.25, -0.2) is 0 Å². The number of rotatable bonds is 36. The van der Waals surface area contributed by atoms with Crippen molar-refractivity contribution in [3.05, 3.63) is 43.3 Å². The van der Waals surface area contributed by atoms with E-state index in [2.05, 4.69) is 38.1 Å². The van der Waals surface area contributed by atoms with Gasteiger partial charge in [-0.3, -0.25) is 0 Å². The molecule has 3 heteroatoms. The van der Waals surface area contributed by atoms with E-state index in [0.29, 0.717) is 0 Å². The maximum atomic E-state index is 6.20. The number of aryl methyl sites for hydroxylation is 2. The van der Waals surface area contributed by atoms with Crippen LogP contribution in [0.5, 0.6) is 0 Å². The molecule has 0 bridgehead atoms. The third kappa shape index (κ3) is 25.9. The van der Waals surface area contributed by atoms with Gasteiger partial charge in [0.2, 0.25) is 0 Å². The monoisotopic (exact) mass is 766 g/mol. The molecule has 0 unspecified atom stereocenters. The van der Waals surface area contributed by atoms with Crippen LogP contribution in [0.1, 0.15) is 231 Å². The third-order valence-electron chi connectivity index (χ3n) is 10.00. The van der Waals surface area contributed by atoms with Crippen molar-refractivity contribution in [2.24, 2.45) is 0 Å². The molecule has 0 fully saturated rings. The number of halogens is 1. The first-order chi connectivity index (χ1) is 23.3. The van der Waals surface area contributed by atoms with E-state index in [4.69, 9.17) is 8.83 Å². The SMILES string of the molecule is CCCCCCCCCCCCCCCCCCc1ccc([I+]c2ccc(CCCCCCCCCCCCCCCCCC)o2)o1. The first-order valence-corrected chi connectivity index (χ1v) is 23.3. The van der Waals surface area contributed by atoms with Gasteiger partial charge in [-0.2, -0.15) is 0 Å². The van der Waals surface area contributed by atoms with Crippen molar-refractivity contribution in [1.29, 1.82) is 0 Å². The molecule has 0 N–H and O–H groups in total. The summed E-state index contributed by atoms with van der Waals surface area (Å²) in [4.78, 5) is 0. The van der Waals surface area contributed by atoms with Crippen molar-refractivity contribution >= 4 is 0 Å². The number of furan rings is 2. The zero-order chi connectivity index (χ0) is 33.3. The van der Waals surface area contributed by atoms with E-state index in [0.717, 1.165) is 20.4 Å². The fraction of sp³-hybridized carbons (Fsp3) is 0.818. The Labute approximate surface area is 304 Å². The molecule has 2 heterocycles. The van der Waals surface area contributed by atoms with Crippen molar-refractivity contribution in [3.63, 3.8) is 0 Å². The van der Waals surface area contributed by atoms with Crippen molar-refractivity contribution in [2.45, 2.75) is 232 Å². The Morgan fingerprint density at radius 3 is 0.809 bits per heavy atom. The first kappa shape index (κ1) is 42.5. The highest BCUT2D eigenvalue weighted by Gasteiger charge is 2.24. The van der Waals surface area contributed by atoms with Crippen LogP contribution in [0.4, 0.5) is 0 Å². The predicted molar refractivity (Wildman–Crippen MR) is 201 cm³/mol. The third-order valence-corrected chi connectivity index (χ3v) is 12.2. The lowest BCUT2D eigenvalue weighted by atomic mass is 10.0. The van der Waals surface area contributed by atoms with Crippen LogP contribution in [0.15, 0.2) is 33.1 Å². The molecule has 0 aliphatic heterocycles. The summed E-state index contributed by atoms with van der Waals surface area (Å²) in [6.45, 7) is 4.60. The Morgan fingerprint density at radius 1 is 0.319 bits per heavy atom. The summed E-state index contributed by atoms with van der Waals surface area (Å²) >= 11 is -0.346. The van der Waals surface area contributed by atoms with E-state index in [-0.39, 0.29) is 21.2 Å². The van der Waals surface area contributed by atoms with E-state index in [9.17, 15) is 0 Å². The second-order valence-electron chi connectivity index (χ2n) is 14.6. The maximum absolute atomic E-state index is 6.20. The lowest BCUT2D eigenvalue weighted by Crippen LogP contribution is -3.61. The molecule has 0 aliphatic carbocycles. The minimum Gasteiger partial charge on any atom is -0.423 e. The van der Waals surface area contributed by atoms with Gasteiger partial charge >= 0.3 is 28.7 Å². The Hall–Kier alpha value is -0.710. The smallest absolute Gasteiger partial charge is 0.423 e. The molecule has 2 aromatic rings. The Bertz CT molecular complexity index is 826. The van der Waals surface area contributed by atoms with Crippen LogP contribution < -0.4 is 21.2 Å². The second-order valence-corrected chi connectivity index (χ2v) is 17.3. The normalized spacial score (nSPS) is 11.6. The van der Waals surface area contributed by atoms with Gasteiger partial charge in [0, 0.05) is 25.0 Å². The second kappa shape index (κ2) is 32.5. The van der Waals surface area contributed by atoms with Crippen LogP contribution in [0.25, 0.3) is 0 Å². The minimum absolute atomic E-state index is 0.346. The average molecular weight is 766 g/mol. The van der Waals surface area contributed by atoms with Gasteiger partial charge in [0.25, 0.3) is 0 Å². The molecule has 0 aromatic carbocycles. The highest BCUT2D eigenvalue weighted by Crippen LogP contribution is 2.16. The van der Waals surface area contributed by atoms with Gasteiger partial charge in [-0.15, -0.1) is 0 Å². The molecule has 0 spiro atoms. The van der Waals surface area contributed by atoms with Crippen molar-refractivity contribution in [1.82, 2.24) is 0 Å². The molecule has 0 amide bonds. The van der Waals surface area contributed by atoms with Gasteiger partial charge in [0.15, 0.2) is 0 Å². The van der Waals surface area contributed by atoms with E-state index in [1.165, 1.54) is 217 Å². The molecule has 0 radical (unpaired) electrons. The summed E-state index contributed by atoms with van der Waals surface area (Å²) in [5.74, 6) is 2.34. The number of hydrogen-bond acceptors (Lipinski definition) is 2. The van der Waals surface area contributed by atoms with Gasteiger partial charge in [-0.05, 0) is 25.0 Å². The topological polar surface area (TPSA) is 26.3 Å². The summed E-state index contributed by atoms with van der Waals surface area (Å²) in [5, 5.41) is 0. The predicted octanol–water partition coefficient (Wildman–Crippen LogP) is 12.6. The van der Waals surface area contributed by atoms with Crippen LogP contribution in [0.2, 0.25) is 0 Å². The summed E-state index contributed by atoms with van der Waals surface area (Å²) < 4.78 is 14.7. The Balaban J connectivity index is 1.35. The summed E-state index contributed by atoms with van der Waals surface area (Å²) in [6.07, 6.45) is 47.6. The van der Waals surface area contributed by atoms with E-state index < -0.39 is 0 Å². The zero-order valence-electron chi connectivity index (χ0n) is 31.5. The van der Waals surface area contributed by atoms with Crippen molar-refractivity contribution in [3.8, 4) is 0 Å². The molecule has 272 valence electrons. The summed E-state index contributed by atoms with van der Waals surface area (Å²) in [7, 11) is 0. The molecule has 0 aliphatic rings. The molecule has 2 rings (SSSR count). The van der Waals surface area contributed by atoms with Crippen LogP contribution in [-0.4, -0.2) is 0 Å². The Kier molecular flexibility index (Phi) is 29.4. The van der Waals surface area contributed by atoms with Crippen LogP contribution in [-0.2, 0) is 12.8 Å². The lowest BCUT2D eigenvalue weighted by molar-refractivity contribution is -0.636. The number of hydrogen-bond donors (Lipinski definition) is 0. The van der Waals surface area contributed by atoms with Crippen LogP contribution >= 0.6 is 0 Å². The molecule has 47 heavy (non-hydrogen) atoms. The highest BCUT2D eigenvalue weighted by atomic mass is 127. The number of unbranched alkanes of at least 4 members (excludes halogenated alkanes) is 30. The fourth-order valence-electron chi connectivity index (χ4n) is 6.86. The average Bonchev–Trinajstić information content (AvgIpc) is 3.73. The standard InChI is InChI=1S/C44H78IO2/c1-3-5-7-9-11-13-15-17-19-21-23-25-27-29-31-33-35-41-37-39-43(46-41)45-44-40-38-42(47-44)36-34-32-30-28-26-24-22-20-18-16-14-12-10-8-6-4-2/h37-40H,3-36H2,1-2H3/q+1. The molecule has 0 saturated carbocycles. The van der Waals surface area contributed by atoms with Crippen LogP contribution in [0, 0.1) is 7.53 Å². The minimum atomic E-state index is -0.346. The quantitative estimate of drug-likeness (QED) is 0.0510. The summed E-state index contributed by atoms with van der Waals surface area (Å²) in [6, 6.07) is 8.82. The largest absolute Gasteiger partial charge is 0.442 e. The van der Waals surface area contributed by atoms with Gasteiger partial charge in [-0.1, -0.05) is 206 Å². The zero-order valence-corrected chi connectivity index (χ0v) is 33.7. The van der Waals surface area contributed by atoms with E-state index in [1.54, 1.807) is 0 Å². The molecule has 0 saturated heterocycles. The summed E-state index contributed by atoms with van der Waals surface area (Å²) in [5.41, 5.74) is 0. The molecule has 0 atom stereocenters. The van der Waals surface area contributed by atoms with E-state index >= 15 is 0 Å².